The lowest BCUT2D eigenvalue weighted by Gasteiger charge is -2.08. The van der Waals surface area contributed by atoms with Gasteiger partial charge in [0.05, 0.1) is 6.20 Å². The Morgan fingerprint density at radius 2 is 1.89 bits per heavy atom. The highest BCUT2D eigenvalue weighted by Gasteiger charge is 2.24. The second kappa shape index (κ2) is 4.11. The molecule has 0 amide bonds. The number of aromatic nitrogens is 2. The Morgan fingerprint density at radius 3 is 2.44 bits per heavy atom. The van der Waals surface area contributed by atoms with Crippen molar-refractivity contribution in [1.82, 2.24) is 9.97 Å². The van der Waals surface area contributed by atoms with Gasteiger partial charge in [-0.1, -0.05) is 24.3 Å². The fourth-order valence-electron chi connectivity index (χ4n) is 2.43. The topological polar surface area (TPSA) is 75.6 Å². The monoisotopic (exact) mass is 236 g/mol. The molecule has 0 atom stereocenters. The Balaban J connectivity index is 1.91. The van der Waals surface area contributed by atoms with Crippen LogP contribution in [-0.4, -0.2) is 9.97 Å². The minimum Gasteiger partial charge on any atom is -0.382 e. The summed E-state index contributed by atoms with van der Waals surface area (Å²) in [5.41, 5.74) is 8.78. The van der Waals surface area contributed by atoms with Crippen molar-refractivity contribution in [2.75, 3.05) is 5.73 Å². The minimum atomic E-state index is 0.275. The van der Waals surface area contributed by atoms with Crippen LogP contribution in [0.5, 0.6) is 0 Å². The van der Waals surface area contributed by atoms with Gasteiger partial charge in [-0.3, -0.25) is 0 Å². The summed E-state index contributed by atoms with van der Waals surface area (Å²) in [7, 11) is 0. The minimum absolute atomic E-state index is 0.275. The molecule has 0 spiro atoms. The Kier molecular flexibility index (Phi) is 2.45. The van der Waals surface area contributed by atoms with E-state index in [0.29, 0.717) is 5.56 Å². The molecule has 2 aromatic rings. The average Bonchev–Trinajstić information content (AvgIpc) is 2.82. The number of fused-ring (bicyclic) bond motifs is 1. The average molecular weight is 236 g/mol. The molecular weight excluding hydrogens is 224 g/mol. The quantitative estimate of drug-likeness (QED) is 0.819. The van der Waals surface area contributed by atoms with Gasteiger partial charge in [0.25, 0.3) is 0 Å². The van der Waals surface area contributed by atoms with E-state index in [-0.39, 0.29) is 11.7 Å². The van der Waals surface area contributed by atoms with Gasteiger partial charge in [0.1, 0.15) is 23.3 Å². The molecule has 1 heterocycles. The molecule has 0 saturated carbocycles. The number of anilines is 1. The molecule has 88 valence electrons. The number of benzene rings is 1. The van der Waals surface area contributed by atoms with Gasteiger partial charge in [0.15, 0.2) is 0 Å². The molecule has 18 heavy (non-hydrogen) atoms. The lowest BCUT2D eigenvalue weighted by atomic mass is 10.1. The van der Waals surface area contributed by atoms with E-state index < -0.39 is 0 Å². The first-order valence-corrected chi connectivity index (χ1v) is 5.87. The molecule has 0 radical (unpaired) electrons. The van der Waals surface area contributed by atoms with Crippen molar-refractivity contribution in [3.8, 4) is 6.07 Å². The van der Waals surface area contributed by atoms with E-state index in [1.54, 1.807) is 0 Å². The summed E-state index contributed by atoms with van der Waals surface area (Å²) in [6.07, 6.45) is 3.41. The van der Waals surface area contributed by atoms with E-state index >= 15 is 0 Å². The van der Waals surface area contributed by atoms with E-state index in [2.05, 4.69) is 34.2 Å². The lowest BCUT2D eigenvalue weighted by Crippen LogP contribution is -2.07. The van der Waals surface area contributed by atoms with Gasteiger partial charge in [-0.2, -0.15) is 5.26 Å². The molecule has 1 aromatic carbocycles. The first-order valence-electron chi connectivity index (χ1n) is 5.87. The highest BCUT2D eigenvalue weighted by atomic mass is 14.9. The van der Waals surface area contributed by atoms with Gasteiger partial charge in [0, 0.05) is 5.92 Å². The number of rotatable bonds is 1. The second-order valence-corrected chi connectivity index (χ2v) is 4.51. The number of nitrogens with two attached hydrogens (primary N) is 1. The zero-order valence-electron chi connectivity index (χ0n) is 9.80. The normalized spacial score (nSPS) is 14.2. The van der Waals surface area contributed by atoms with Gasteiger partial charge >= 0.3 is 0 Å². The lowest BCUT2D eigenvalue weighted by molar-refractivity contribution is 0.683. The Bertz CT molecular complexity index is 617. The van der Waals surface area contributed by atoms with Crippen molar-refractivity contribution in [2.45, 2.75) is 18.8 Å². The summed E-state index contributed by atoms with van der Waals surface area (Å²) >= 11 is 0. The van der Waals surface area contributed by atoms with Crippen LogP contribution >= 0.6 is 0 Å². The van der Waals surface area contributed by atoms with Gasteiger partial charge in [-0.25, -0.2) is 9.97 Å². The Labute approximate surface area is 105 Å². The van der Waals surface area contributed by atoms with Crippen molar-refractivity contribution in [1.29, 1.82) is 5.26 Å². The summed E-state index contributed by atoms with van der Waals surface area (Å²) in [5.74, 6) is 1.29. The summed E-state index contributed by atoms with van der Waals surface area (Å²) in [5, 5.41) is 8.81. The van der Waals surface area contributed by atoms with Crippen LogP contribution < -0.4 is 5.73 Å². The van der Waals surface area contributed by atoms with Crippen molar-refractivity contribution in [3.05, 3.63) is 53.0 Å². The molecular formula is C14H12N4. The molecule has 1 aliphatic carbocycles. The fourth-order valence-corrected chi connectivity index (χ4v) is 2.43. The van der Waals surface area contributed by atoms with Crippen LogP contribution in [0.1, 0.15) is 28.4 Å². The molecule has 1 aromatic heterocycles. The van der Waals surface area contributed by atoms with Gasteiger partial charge in [0.2, 0.25) is 0 Å². The molecule has 4 heteroatoms. The molecule has 0 aliphatic heterocycles. The Hall–Kier alpha value is -2.41. The van der Waals surface area contributed by atoms with Gasteiger partial charge < -0.3 is 5.73 Å². The number of hydrogen-bond acceptors (Lipinski definition) is 4. The van der Waals surface area contributed by atoms with Crippen LogP contribution in [0.2, 0.25) is 0 Å². The highest BCUT2D eigenvalue weighted by Crippen LogP contribution is 2.32. The maximum absolute atomic E-state index is 8.81. The van der Waals surface area contributed by atoms with Crippen molar-refractivity contribution in [3.63, 3.8) is 0 Å². The van der Waals surface area contributed by atoms with Crippen LogP contribution in [0.25, 0.3) is 0 Å². The Morgan fingerprint density at radius 1 is 1.22 bits per heavy atom. The zero-order chi connectivity index (χ0) is 12.5. The SMILES string of the molecule is N#Cc1cnc(C2Cc3ccccc3C2)nc1N. The van der Waals surface area contributed by atoms with Crippen LogP contribution in [0.15, 0.2) is 30.5 Å². The predicted molar refractivity (Wildman–Crippen MR) is 67.8 cm³/mol. The maximum Gasteiger partial charge on any atom is 0.145 e. The van der Waals surface area contributed by atoms with E-state index in [0.717, 1.165) is 18.7 Å². The molecule has 2 N–H and O–H groups in total. The number of nitriles is 1. The van der Waals surface area contributed by atoms with Crippen molar-refractivity contribution in [2.24, 2.45) is 0 Å². The fraction of sp³-hybridized carbons (Fsp3) is 0.214. The highest BCUT2D eigenvalue weighted by molar-refractivity contribution is 5.47. The van der Waals surface area contributed by atoms with E-state index in [4.69, 9.17) is 11.0 Å². The summed E-state index contributed by atoms with van der Waals surface area (Å²) < 4.78 is 0. The van der Waals surface area contributed by atoms with Crippen LogP contribution in [-0.2, 0) is 12.8 Å². The largest absolute Gasteiger partial charge is 0.382 e. The molecule has 0 saturated heterocycles. The maximum atomic E-state index is 8.81. The number of hydrogen-bond donors (Lipinski definition) is 1. The summed E-state index contributed by atoms with van der Waals surface area (Å²) in [4.78, 5) is 8.51. The standard InChI is InChI=1S/C14H12N4/c15-7-12-8-17-14(18-13(12)16)11-5-9-3-1-2-4-10(9)6-11/h1-4,8,11H,5-6H2,(H2,16,17,18). The smallest absolute Gasteiger partial charge is 0.145 e. The third kappa shape index (κ3) is 1.70. The number of nitrogens with zero attached hydrogens (tertiary/aromatic N) is 3. The van der Waals surface area contributed by atoms with Crippen LogP contribution in [0.3, 0.4) is 0 Å². The van der Waals surface area contributed by atoms with E-state index in [1.807, 2.05) is 6.07 Å². The molecule has 1 aliphatic rings. The van der Waals surface area contributed by atoms with Crippen LogP contribution in [0, 0.1) is 11.3 Å². The summed E-state index contributed by atoms with van der Waals surface area (Å²) in [6, 6.07) is 10.4. The first-order chi connectivity index (χ1) is 8.78. The first kappa shape index (κ1) is 10.7. The third-order valence-electron chi connectivity index (χ3n) is 3.37. The summed E-state index contributed by atoms with van der Waals surface area (Å²) in [6.45, 7) is 0. The van der Waals surface area contributed by atoms with Gasteiger partial charge in [-0.15, -0.1) is 0 Å². The van der Waals surface area contributed by atoms with Gasteiger partial charge in [-0.05, 0) is 24.0 Å². The van der Waals surface area contributed by atoms with Crippen LogP contribution in [0.4, 0.5) is 5.82 Å². The predicted octanol–water partition coefficient (Wildman–Crippen LogP) is 1.81. The van der Waals surface area contributed by atoms with E-state index in [1.165, 1.54) is 17.3 Å². The molecule has 0 bridgehead atoms. The third-order valence-corrected chi connectivity index (χ3v) is 3.37. The second-order valence-electron chi connectivity index (χ2n) is 4.51. The molecule has 0 unspecified atom stereocenters. The molecule has 3 rings (SSSR count). The van der Waals surface area contributed by atoms with E-state index in [9.17, 15) is 0 Å². The van der Waals surface area contributed by atoms with Crippen molar-refractivity contribution < 1.29 is 0 Å². The van der Waals surface area contributed by atoms with Crippen molar-refractivity contribution >= 4 is 5.82 Å². The molecule has 4 nitrogen and oxygen atoms in total. The zero-order valence-corrected chi connectivity index (χ0v) is 9.80. The molecule has 0 fully saturated rings. The number of nitrogen functional groups attached to an aromatic ring is 1.